The van der Waals surface area contributed by atoms with Crippen molar-refractivity contribution in [3.05, 3.63) is 47.3 Å². The molecule has 26 heteroatoms. The van der Waals surface area contributed by atoms with Crippen LogP contribution in [-0.2, 0) is 11.2 Å². The van der Waals surface area contributed by atoms with Crippen LogP contribution < -0.4 is 21.3 Å². The van der Waals surface area contributed by atoms with E-state index in [1.54, 1.807) is 32.3 Å². The van der Waals surface area contributed by atoms with Gasteiger partial charge in [0.05, 0.1) is 74.2 Å². The van der Waals surface area contributed by atoms with Crippen molar-refractivity contribution in [3.8, 4) is 21.1 Å². The average Bonchev–Trinajstić information content (AvgIpc) is 4.05. The van der Waals surface area contributed by atoms with Gasteiger partial charge in [0.2, 0.25) is 11.9 Å². The van der Waals surface area contributed by atoms with Gasteiger partial charge in [0.25, 0.3) is 0 Å². The Kier molecular flexibility index (Phi) is 14.3. The number of hydrogen-bond donors (Lipinski definition) is 9. The number of anilines is 4. The topological polar surface area (TPSA) is 262 Å². The van der Waals surface area contributed by atoms with Crippen molar-refractivity contribution in [1.82, 2.24) is 39.9 Å². The van der Waals surface area contributed by atoms with E-state index in [1.165, 1.54) is 22.7 Å². The Hall–Kier alpha value is -5.22. The number of hydrogen-bond acceptors (Lipinski definition) is 20. The van der Waals surface area contributed by atoms with Crippen molar-refractivity contribution < 1.29 is 56.6 Å². The molecule has 0 amide bonds. The fourth-order valence-electron chi connectivity index (χ4n) is 9.28. The van der Waals surface area contributed by atoms with Crippen LogP contribution in [0.2, 0.25) is 0 Å². The first-order valence-corrected chi connectivity index (χ1v) is 24.3. The first-order valence-electron chi connectivity index (χ1n) is 22.7. The monoisotopic (exact) mass is 1020 g/mol. The highest BCUT2D eigenvalue weighted by molar-refractivity contribution is 7.22. The summed E-state index contributed by atoms with van der Waals surface area (Å²) in [7, 11) is 0. The second kappa shape index (κ2) is 20.1. The maximum absolute atomic E-state index is 13.4. The summed E-state index contributed by atoms with van der Waals surface area (Å²) in [4.78, 5) is 36.6. The lowest BCUT2D eigenvalue weighted by molar-refractivity contribution is -0.116. The lowest BCUT2D eigenvalue weighted by Gasteiger charge is -2.25. The lowest BCUT2D eigenvalue weighted by Crippen LogP contribution is -2.39. The van der Waals surface area contributed by atoms with Crippen molar-refractivity contribution in [2.45, 2.75) is 107 Å². The van der Waals surface area contributed by atoms with Gasteiger partial charge >= 0.3 is 12.4 Å². The van der Waals surface area contributed by atoms with Gasteiger partial charge in [-0.25, -0.2) is 19.9 Å². The number of rotatable bonds is 17. The predicted octanol–water partition coefficient (Wildman–Crippen LogP) is 5.74. The number of ether oxygens (including phenoxy) is 1. The second-order valence-electron chi connectivity index (χ2n) is 17.9. The number of aliphatic hydroxyl groups is 5. The van der Waals surface area contributed by atoms with E-state index in [1.807, 2.05) is 6.07 Å². The number of alkyl halides is 6. The van der Waals surface area contributed by atoms with E-state index in [9.17, 15) is 51.9 Å². The van der Waals surface area contributed by atoms with Gasteiger partial charge in [-0.2, -0.15) is 36.3 Å². The van der Waals surface area contributed by atoms with E-state index < -0.39 is 80.4 Å². The van der Waals surface area contributed by atoms with Gasteiger partial charge in [-0.1, -0.05) is 6.42 Å². The Morgan fingerprint density at radius 2 is 1.20 bits per heavy atom. The summed E-state index contributed by atoms with van der Waals surface area (Å²) in [6, 6.07) is 2.05. The maximum Gasteiger partial charge on any atom is 0.405 e. The quantitative estimate of drug-likeness (QED) is 0.0494. The van der Waals surface area contributed by atoms with Gasteiger partial charge in [-0.05, 0) is 51.7 Å². The molecule has 6 heterocycles. The minimum absolute atomic E-state index is 0.0116. The van der Waals surface area contributed by atoms with Crippen molar-refractivity contribution in [1.29, 1.82) is 0 Å². The molecular formula is C44H50F6N12O6S2. The fraction of sp³-hybridized carbons (Fsp3) is 0.545. The van der Waals surface area contributed by atoms with Crippen LogP contribution >= 0.6 is 22.7 Å². The Morgan fingerprint density at radius 1 is 0.671 bits per heavy atom. The van der Waals surface area contributed by atoms with Gasteiger partial charge in [-0.3, -0.25) is 9.97 Å². The van der Waals surface area contributed by atoms with Crippen LogP contribution in [0.15, 0.2) is 24.5 Å². The average molecular weight is 1020 g/mol. The molecule has 6 aromatic rings. The molecule has 0 radical (unpaired) electrons. The summed E-state index contributed by atoms with van der Waals surface area (Å²) < 4.78 is 87.7. The molecule has 9 rings (SSSR count). The number of aryl methyl sites for hydroxylation is 2. The fourth-order valence-corrected chi connectivity index (χ4v) is 11.4. The van der Waals surface area contributed by atoms with E-state index in [0.717, 1.165) is 35.2 Å². The minimum Gasteiger partial charge on any atom is -0.396 e. The molecule has 3 saturated carbocycles. The number of aliphatic hydroxyl groups excluding tert-OH is 5. The minimum atomic E-state index is -4.57. The Balaban J connectivity index is 0.983. The van der Waals surface area contributed by atoms with Gasteiger partial charge < -0.3 is 51.5 Å². The highest BCUT2D eigenvalue weighted by Crippen LogP contribution is 2.44. The molecule has 0 spiro atoms. The maximum atomic E-state index is 13.4. The van der Waals surface area contributed by atoms with E-state index in [-0.39, 0.29) is 67.6 Å². The molecule has 6 aromatic heterocycles. The third-order valence-corrected chi connectivity index (χ3v) is 15.1. The lowest BCUT2D eigenvalue weighted by atomic mass is 9.82. The van der Waals surface area contributed by atoms with Crippen molar-refractivity contribution in [2.24, 2.45) is 11.8 Å². The normalized spacial score (nSPS) is 24.1. The van der Waals surface area contributed by atoms with Crippen LogP contribution in [0.3, 0.4) is 0 Å². The van der Waals surface area contributed by atoms with Crippen LogP contribution in [0, 0.1) is 25.7 Å². The molecule has 376 valence electrons. The first-order chi connectivity index (χ1) is 33.4. The summed E-state index contributed by atoms with van der Waals surface area (Å²) >= 11 is 2.60. The van der Waals surface area contributed by atoms with E-state index in [2.05, 4.69) is 51.2 Å². The largest absolute Gasteiger partial charge is 0.405 e. The molecule has 18 nitrogen and oxygen atoms in total. The zero-order valence-electron chi connectivity index (χ0n) is 37.6. The summed E-state index contributed by atoms with van der Waals surface area (Å²) in [5.74, 6) is -1.44. The predicted molar refractivity (Wildman–Crippen MR) is 249 cm³/mol. The molecule has 3 fully saturated rings. The van der Waals surface area contributed by atoms with Crippen molar-refractivity contribution >= 4 is 66.6 Å². The SMILES string of the molecule is Cc1nc(NCC(F)(F)F)nc(N[C@@H]2C[C@H](CO)[C@@H](O)[C@H]2O)c1-c1nc2c(CCO[C@@H]3[C@H](O)[C@@H](CO)C[C@H]3Nc3nc(NCC(F)(F)F)nc(C)c3-c3nc4c(C5CCC5)nccc4s3)nccc2s1. The highest BCUT2D eigenvalue weighted by Gasteiger charge is 2.44. The number of fused-ring (bicyclic) bond motifs is 2. The molecule has 0 bridgehead atoms. The highest BCUT2D eigenvalue weighted by atomic mass is 32.1. The number of thiazole rings is 2. The van der Waals surface area contributed by atoms with Crippen LogP contribution in [0.5, 0.6) is 0 Å². The number of aromatic nitrogens is 8. The molecule has 0 aliphatic heterocycles. The van der Waals surface area contributed by atoms with Crippen molar-refractivity contribution in [2.75, 3.05) is 54.2 Å². The Bertz CT molecular complexity index is 2840. The van der Waals surface area contributed by atoms with Gasteiger partial charge in [0.15, 0.2) is 0 Å². The third-order valence-electron chi connectivity index (χ3n) is 13.0. The number of halogens is 6. The molecule has 3 aliphatic carbocycles. The van der Waals surface area contributed by atoms with Gasteiger partial charge in [0, 0.05) is 49.8 Å². The second-order valence-corrected chi connectivity index (χ2v) is 19.9. The summed E-state index contributed by atoms with van der Waals surface area (Å²) in [5, 5.41) is 64.7. The Labute approximate surface area is 403 Å². The smallest absolute Gasteiger partial charge is 0.396 e. The summed E-state index contributed by atoms with van der Waals surface area (Å²) in [6.45, 7) is -0.369. The van der Waals surface area contributed by atoms with Crippen LogP contribution in [0.1, 0.15) is 60.8 Å². The van der Waals surface area contributed by atoms with E-state index >= 15 is 0 Å². The first kappa shape index (κ1) is 49.7. The Morgan fingerprint density at radius 3 is 1.74 bits per heavy atom. The number of nitrogens with one attached hydrogen (secondary N) is 4. The third kappa shape index (κ3) is 10.5. The molecular weight excluding hydrogens is 971 g/mol. The molecule has 9 N–H and O–H groups in total. The van der Waals surface area contributed by atoms with Crippen LogP contribution in [-0.4, -0.2) is 147 Å². The molecule has 70 heavy (non-hydrogen) atoms. The summed E-state index contributed by atoms with van der Waals surface area (Å²) in [5.41, 5.74) is 3.96. The molecule has 0 aromatic carbocycles. The molecule has 3 aliphatic rings. The number of pyridine rings is 2. The standard InChI is InChI=1S/C44H50F6N12O6S2/c1-18-28(37(61-41(55-18)53-16-43(45,46)47)57-24-12-21(14-63)33(65)35(24)67)39-59-31-23(51-9-6-26(31)69-39)8-11-68-36-25(13-22(15-64)34(36)66)58-38-29(19(2)56-42(62-38)54-17-44(48,49)50)40-60-32-27(70-40)7-10-52-30(32)20-4-3-5-20/h6-7,9-10,20-22,24-25,33-36,63-67H,3-5,8,11-17H2,1-2H3,(H2,53,55,57,61)(H2,54,56,58,62)/t21-,22-,24-,25-,33-,34-,35+,36+/m1/s1. The molecule has 8 atom stereocenters. The van der Waals surface area contributed by atoms with Gasteiger partial charge in [0.1, 0.15) is 58.0 Å². The number of nitrogens with zero attached hydrogens (tertiary/aromatic N) is 8. The summed E-state index contributed by atoms with van der Waals surface area (Å²) in [6.07, 6.45) is -6.94. The molecule has 0 unspecified atom stereocenters. The zero-order valence-corrected chi connectivity index (χ0v) is 39.2. The van der Waals surface area contributed by atoms with Gasteiger partial charge in [-0.15, -0.1) is 22.7 Å². The van der Waals surface area contributed by atoms with Crippen molar-refractivity contribution in [3.63, 3.8) is 0 Å². The van der Waals surface area contributed by atoms with E-state index in [4.69, 9.17) is 14.7 Å². The van der Waals surface area contributed by atoms with Crippen LogP contribution in [0.25, 0.3) is 41.6 Å². The van der Waals surface area contributed by atoms with Crippen LogP contribution in [0.4, 0.5) is 49.9 Å². The molecule has 0 saturated heterocycles. The zero-order chi connectivity index (χ0) is 49.6. The van der Waals surface area contributed by atoms with E-state index in [0.29, 0.717) is 42.7 Å².